The van der Waals surface area contributed by atoms with E-state index >= 15 is 0 Å². The van der Waals surface area contributed by atoms with Crippen molar-refractivity contribution in [1.82, 2.24) is 4.90 Å². The molecule has 1 heterocycles. The molecule has 1 fully saturated rings. The molecule has 3 rings (SSSR count). The fourth-order valence-electron chi connectivity index (χ4n) is 2.46. The molecular formula is C20H17BrN2O4S2. The highest BCUT2D eigenvalue weighted by atomic mass is 79.9. The van der Waals surface area contributed by atoms with E-state index in [0.29, 0.717) is 26.4 Å². The second kappa shape index (κ2) is 9.43. The Morgan fingerprint density at radius 3 is 2.59 bits per heavy atom. The number of anilines is 1. The number of amides is 2. The third kappa shape index (κ3) is 5.37. The van der Waals surface area contributed by atoms with Crippen LogP contribution in [0, 0.1) is 0 Å². The Morgan fingerprint density at radius 2 is 1.97 bits per heavy atom. The summed E-state index contributed by atoms with van der Waals surface area (Å²) in [6.45, 7) is -0.166. The smallest absolute Gasteiger partial charge is 0.265 e. The van der Waals surface area contributed by atoms with E-state index in [1.54, 1.807) is 43.5 Å². The summed E-state index contributed by atoms with van der Waals surface area (Å²) in [5.74, 6) is 0.467. The minimum atomic E-state index is -0.287. The van der Waals surface area contributed by atoms with Crippen molar-refractivity contribution in [3.63, 3.8) is 0 Å². The molecule has 2 aromatic carbocycles. The van der Waals surface area contributed by atoms with Crippen LogP contribution in [0.15, 0.2) is 51.8 Å². The summed E-state index contributed by atoms with van der Waals surface area (Å²) in [6, 6.07) is 12.5. The Bertz CT molecular complexity index is 992. The molecule has 2 aromatic rings. The summed E-state index contributed by atoms with van der Waals surface area (Å²) in [5.41, 5.74) is 1.44. The van der Waals surface area contributed by atoms with Crippen LogP contribution in [-0.2, 0) is 9.59 Å². The van der Waals surface area contributed by atoms with Crippen LogP contribution in [0.25, 0.3) is 6.08 Å². The molecule has 2 amide bonds. The summed E-state index contributed by atoms with van der Waals surface area (Å²) in [4.78, 5) is 26.2. The Morgan fingerprint density at radius 1 is 1.24 bits per heavy atom. The molecule has 0 radical (unpaired) electrons. The van der Waals surface area contributed by atoms with Gasteiger partial charge >= 0.3 is 0 Å². The molecule has 0 atom stereocenters. The predicted molar refractivity (Wildman–Crippen MR) is 122 cm³/mol. The summed E-state index contributed by atoms with van der Waals surface area (Å²) >= 11 is 9.73. The SMILES string of the molecule is COc1cc(C=C2SC(=S)N(C)C2=O)ccc1OCC(=O)Nc1ccc(Br)cc1. The van der Waals surface area contributed by atoms with Crippen LogP contribution in [0.4, 0.5) is 5.69 Å². The minimum Gasteiger partial charge on any atom is -0.493 e. The van der Waals surface area contributed by atoms with Crippen molar-refractivity contribution >= 4 is 67.8 Å². The van der Waals surface area contributed by atoms with Crippen LogP contribution >= 0.6 is 39.9 Å². The van der Waals surface area contributed by atoms with Gasteiger partial charge in [0.15, 0.2) is 18.1 Å². The molecular weight excluding hydrogens is 476 g/mol. The zero-order valence-electron chi connectivity index (χ0n) is 15.6. The third-order valence-corrected chi connectivity index (χ3v) is 5.97. The van der Waals surface area contributed by atoms with Crippen LogP contribution in [0.1, 0.15) is 5.56 Å². The highest BCUT2D eigenvalue weighted by Crippen LogP contribution is 2.34. The highest BCUT2D eigenvalue weighted by molar-refractivity contribution is 9.10. The van der Waals surface area contributed by atoms with Crippen molar-refractivity contribution in [2.75, 3.05) is 26.1 Å². The van der Waals surface area contributed by atoms with Gasteiger partial charge in [0.1, 0.15) is 4.32 Å². The molecule has 150 valence electrons. The maximum atomic E-state index is 12.1. The number of nitrogens with zero attached hydrogens (tertiary/aromatic N) is 1. The zero-order valence-corrected chi connectivity index (χ0v) is 18.8. The highest BCUT2D eigenvalue weighted by Gasteiger charge is 2.28. The van der Waals surface area contributed by atoms with Crippen LogP contribution in [0.5, 0.6) is 11.5 Å². The van der Waals surface area contributed by atoms with Gasteiger partial charge in [-0.05, 0) is 48.0 Å². The summed E-state index contributed by atoms with van der Waals surface area (Å²) < 4.78 is 12.4. The predicted octanol–water partition coefficient (Wildman–Crippen LogP) is 4.31. The minimum absolute atomic E-state index is 0.135. The van der Waals surface area contributed by atoms with Crippen LogP contribution in [0.2, 0.25) is 0 Å². The maximum Gasteiger partial charge on any atom is 0.265 e. The first-order valence-corrected chi connectivity index (χ1v) is 10.5. The number of hydrogen-bond acceptors (Lipinski definition) is 6. The fourth-order valence-corrected chi connectivity index (χ4v) is 3.91. The molecule has 0 bridgehead atoms. The van der Waals surface area contributed by atoms with Gasteiger partial charge in [-0.15, -0.1) is 0 Å². The van der Waals surface area contributed by atoms with Crippen molar-refractivity contribution in [3.8, 4) is 11.5 Å². The van der Waals surface area contributed by atoms with E-state index in [-0.39, 0.29) is 18.4 Å². The van der Waals surface area contributed by atoms with E-state index in [1.165, 1.54) is 23.8 Å². The normalized spacial score (nSPS) is 15.0. The number of nitrogens with one attached hydrogen (secondary N) is 1. The van der Waals surface area contributed by atoms with Gasteiger partial charge in [-0.2, -0.15) is 0 Å². The lowest BCUT2D eigenvalue weighted by atomic mass is 10.2. The van der Waals surface area contributed by atoms with Crippen LogP contribution < -0.4 is 14.8 Å². The number of rotatable bonds is 6. The van der Waals surface area contributed by atoms with E-state index in [0.717, 1.165) is 10.0 Å². The van der Waals surface area contributed by atoms with Gasteiger partial charge in [0.05, 0.1) is 12.0 Å². The number of benzene rings is 2. The monoisotopic (exact) mass is 492 g/mol. The van der Waals surface area contributed by atoms with Crippen molar-refractivity contribution in [3.05, 3.63) is 57.4 Å². The second-order valence-electron chi connectivity index (χ2n) is 5.99. The second-order valence-corrected chi connectivity index (χ2v) is 8.59. The number of carbonyl (C=O) groups is 2. The van der Waals surface area contributed by atoms with Gasteiger partial charge in [-0.1, -0.05) is 46.0 Å². The lowest BCUT2D eigenvalue weighted by molar-refractivity contribution is -0.121. The molecule has 9 heteroatoms. The summed E-state index contributed by atoms with van der Waals surface area (Å²) in [7, 11) is 3.16. The van der Waals surface area contributed by atoms with Gasteiger partial charge in [0.2, 0.25) is 0 Å². The van der Waals surface area contributed by atoms with Crippen molar-refractivity contribution in [1.29, 1.82) is 0 Å². The summed E-state index contributed by atoms with van der Waals surface area (Å²) in [6.07, 6.45) is 1.75. The number of methoxy groups -OCH3 is 1. The fraction of sp³-hybridized carbons (Fsp3) is 0.150. The first kappa shape index (κ1) is 21.4. The van der Waals surface area contributed by atoms with E-state index in [2.05, 4.69) is 21.2 Å². The molecule has 1 N–H and O–H groups in total. The molecule has 0 aliphatic carbocycles. The number of halogens is 1. The van der Waals surface area contributed by atoms with Gasteiger partial charge in [0.25, 0.3) is 11.8 Å². The van der Waals surface area contributed by atoms with Gasteiger partial charge in [0, 0.05) is 17.2 Å². The van der Waals surface area contributed by atoms with Gasteiger partial charge < -0.3 is 14.8 Å². The van der Waals surface area contributed by atoms with E-state index in [1.807, 2.05) is 12.1 Å². The zero-order chi connectivity index (χ0) is 21.0. The molecule has 29 heavy (non-hydrogen) atoms. The van der Waals surface area contributed by atoms with Crippen molar-refractivity contribution in [2.45, 2.75) is 0 Å². The first-order valence-electron chi connectivity index (χ1n) is 8.45. The molecule has 6 nitrogen and oxygen atoms in total. The number of carbonyl (C=O) groups excluding carboxylic acids is 2. The quantitative estimate of drug-likeness (QED) is 0.478. The van der Waals surface area contributed by atoms with Crippen LogP contribution in [0.3, 0.4) is 0 Å². The van der Waals surface area contributed by atoms with E-state index in [4.69, 9.17) is 21.7 Å². The van der Waals surface area contributed by atoms with Crippen molar-refractivity contribution < 1.29 is 19.1 Å². The van der Waals surface area contributed by atoms with E-state index < -0.39 is 0 Å². The number of hydrogen-bond donors (Lipinski definition) is 1. The number of likely N-dealkylation sites (N-methyl/N-ethyl adjacent to an activating group) is 1. The lowest BCUT2D eigenvalue weighted by Gasteiger charge is -2.12. The molecule has 0 spiro atoms. The molecule has 0 aromatic heterocycles. The molecule has 1 aliphatic rings. The lowest BCUT2D eigenvalue weighted by Crippen LogP contribution is -2.22. The Labute approximate surface area is 186 Å². The van der Waals surface area contributed by atoms with Gasteiger partial charge in [-0.25, -0.2) is 0 Å². The third-order valence-electron chi connectivity index (χ3n) is 3.96. The molecule has 1 saturated heterocycles. The average molecular weight is 493 g/mol. The average Bonchev–Trinajstić information content (AvgIpc) is 2.95. The molecule has 0 unspecified atom stereocenters. The Balaban J connectivity index is 1.66. The maximum absolute atomic E-state index is 12.1. The van der Waals surface area contributed by atoms with Crippen LogP contribution in [-0.4, -0.2) is 41.8 Å². The topological polar surface area (TPSA) is 67.9 Å². The first-order chi connectivity index (χ1) is 13.9. The van der Waals surface area contributed by atoms with Crippen molar-refractivity contribution in [2.24, 2.45) is 0 Å². The summed E-state index contributed by atoms with van der Waals surface area (Å²) in [5, 5.41) is 2.76. The van der Waals surface area contributed by atoms with Gasteiger partial charge in [-0.3, -0.25) is 14.5 Å². The standard InChI is InChI=1S/C20H17BrN2O4S2/c1-23-19(25)17(29-20(23)28)10-12-3-8-15(16(9-12)26-2)27-11-18(24)22-14-6-4-13(21)5-7-14/h3-10H,11H2,1-2H3,(H,22,24). The molecule has 1 aliphatic heterocycles. The number of ether oxygens (including phenoxy) is 2. The number of thiocarbonyl (C=S) groups is 1. The Hall–Kier alpha value is -2.36. The Kier molecular flexibility index (Phi) is 6.94. The largest absolute Gasteiger partial charge is 0.493 e. The van der Waals surface area contributed by atoms with E-state index in [9.17, 15) is 9.59 Å². The number of thioether (sulfide) groups is 1. The molecule has 0 saturated carbocycles.